The van der Waals surface area contributed by atoms with Crippen LogP contribution >= 0.6 is 0 Å². The predicted molar refractivity (Wildman–Crippen MR) is 49.2 cm³/mol. The van der Waals surface area contributed by atoms with Crippen LogP contribution in [0.5, 0.6) is 0 Å². The topological polar surface area (TPSA) is 15.8 Å². The molecule has 11 heavy (non-hydrogen) atoms. The molecule has 0 fully saturated rings. The van der Waals surface area contributed by atoms with Crippen molar-refractivity contribution in [2.75, 3.05) is 0 Å². The van der Waals surface area contributed by atoms with Crippen LogP contribution in [0.2, 0.25) is 0 Å². The molecule has 2 rings (SSSR count). The molecule has 1 aromatic carbocycles. The molecule has 2 heteroatoms. The molecule has 0 aliphatic heterocycles. The van der Waals surface area contributed by atoms with Crippen LogP contribution < -0.4 is 0 Å². The van der Waals surface area contributed by atoms with E-state index in [1.165, 1.54) is 16.5 Å². The number of nitrogens with one attached hydrogen (secondary N) is 1. The Morgan fingerprint density at radius 2 is 2.09 bits per heavy atom. The van der Waals surface area contributed by atoms with Gasteiger partial charge in [-0.15, -0.1) is 0 Å². The molecule has 0 bridgehead atoms. The van der Waals surface area contributed by atoms with Crippen molar-refractivity contribution in [2.24, 2.45) is 0 Å². The van der Waals surface area contributed by atoms with Gasteiger partial charge in [-0.05, 0) is 0 Å². The van der Waals surface area contributed by atoms with Crippen molar-refractivity contribution < 1.29 is 0 Å². The Hall–Kier alpha value is -0.851. The van der Waals surface area contributed by atoms with Crippen molar-refractivity contribution in [3.63, 3.8) is 0 Å². The molecule has 54 valence electrons. The Labute approximate surface area is 72.8 Å². The van der Waals surface area contributed by atoms with Gasteiger partial charge in [-0.1, -0.05) is 0 Å². The van der Waals surface area contributed by atoms with Crippen molar-refractivity contribution in [3.05, 3.63) is 36.0 Å². The van der Waals surface area contributed by atoms with Gasteiger partial charge in [0, 0.05) is 0 Å². The molecule has 0 aliphatic rings. The molecule has 0 unspecified atom stereocenters. The quantitative estimate of drug-likeness (QED) is 0.683. The number of benzene rings is 1. The molecule has 0 radical (unpaired) electrons. The van der Waals surface area contributed by atoms with Gasteiger partial charge in [-0.2, -0.15) is 0 Å². The zero-order valence-electron chi connectivity index (χ0n) is 5.87. The molecule has 1 heterocycles. The summed E-state index contributed by atoms with van der Waals surface area (Å²) in [7, 11) is 0. The second kappa shape index (κ2) is 2.65. The molecule has 0 aliphatic carbocycles. The summed E-state index contributed by atoms with van der Waals surface area (Å²) < 4.78 is 0. The van der Waals surface area contributed by atoms with Gasteiger partial charge in [-0.3, -0.25) is 0 Å². The predicted octanol–water partition coefficient (Wildman–Crippen LogP) is 1.49. The van der Waals surface area contributed by atoms with Crippen LogP contribution in [0.15, 0.2) is 30.5 Å². The van der Waals surface area contributed by atoms with E-state index in [0.717, 1.165) is 0 Å². The monoisotopic (exact) mass is 209 g/mol. The second-order valence-corrected chi connectivity index (χ2v) is 2.90. The Kier molecular flexibility index (Phi) is 1.65. The Morgan fingerprint density at radius 3 is 2.91 bits per heavy atom. The Morgan fingerprint density at radius 1 is 1.27 bits per heavy atom. The average molecular weight is 208 g/mol. The molecular formula is C9H7NSe. The molecule has 0 amide bonds. The normalized spacial score (nSPS) is 10.2. The molecule has 0 spiro atoms. The molecule has 0 saturated carbocycles. The van der Waals surface area contributed by atoms with Crippen LogP contribution in [-0.2, 0) is 0 Å². The van der Waals surface area contributed by atoms with Crippen LogP contribution in [0.1, 0.15) is 5.56 Å². The van der Waals surface area contributed by atoms with Crippen LogP contribution in [-0.4, -0.2) is 25.5 Å². The number of para-hydroxylation sites is 1. The maximum atomic E-state index is 3.19. The van der Waals surface area contributed by atoms with Gasteiger partial charge in [0.25, 0.3) is 0 Å². The van der Waals surface area contributed by atoms with E-state index in [1.54, 1.807) is 0 Å². The minimum atomic E-state index is 1.19. The summed E-state index contributed by atoms with van der Waals surface area (Å²) >= 11 is 2.89. The summed E-state index contributed by atoms with van der Waals surface area (Å²) in [6.45, 7) is 0. The van der Waals surface area contributed by atoms with Gasteiger partial charge in [0.2, 0.25) is 0 Å². The number of H-pyrrole nitrogens is 1. The Bertz CT molecular complexity index is 389. The summed E-state index contributed by atoms with van der Waals surface area (Å²) in [5, 5.41) is 1.27. The fraction of sp³-hybridized carbons (Fsp3) is 0. The van der Waals surface area contributed by atoms with Gasteiger partial charge in [0.15, 0.2) is 0 Å². The molecule has 0 atom stereocenters. The molecule has 1 nitrogen and oxygen atoms in total. The van der Waals surface area contributed by atoms with Gasteiger partial charge in [0.1, 0.15) is 0 Å². The Balaban J connectivity index is 2.86. The third-order valence-corrected chi connectivity index (χ3v) is 2.28. The SMILES string of the molecule is [Se]=Cc1c[nH]c2ccccc12. The second-order valence-electron chi connectivity index (χ2n) is 2.41. The fourth-order valence-electron chi connectivity index (χ4n) is 1.19. The average Bonchev–Trinajstić information content (AvgIpc) is 2.47. The standard InChI is InChI=1S/C9H7NSe/c11-6-7-5-10-9-4-2-1-3-8(7)9/h1-6,10H. The number of hydrogen-bond acceptors (Lipinski definition) is 0. The van der Waals surface area contributed by atoms with Crippen LogP contribution in [0.4, 0.5) is 0 Å². The van der Waals surface area contributed by atoms with Crippen LogP contribution in [0.25, 0.3) is 10.9 Å². The van der Waals surface area contributed by atoms with Crippen molar-refractivity contribution in [2.45, 2.75) is 0 Å². The summed E-state index contributed by atoms with van der Waals surface area (Å²) in [4.78, 5) is 5.17. The molecule has 2 aromatic rings. The van der Waals surface area contributed by atoms with Crippen molar-refractivity contribution in [1.82, 2.24) is 4.98 Å². The fourth-order valence-corrected chi connectivity index (χ4v) is 1.60. The maximum absolute atomic E-state index is 3.19. The molecular weight excluding hydrogens is 201 g/mol. The van der Waals surface area contributed by atoms with Gasteiger partial charge in [-0.25, -0.2) is 0 Å². The van der Waals surface area contributed by atoms with E-state index in [9.17, 15) is 0 Å². The molecule has 1 aromatic heterocycles. The zero-order valence-corrected chi connectivity index (χ0v) is 7.59. The summed E-state index contributed by atoms with van der Waals surface area (Å²) in [6, 6.07) is 8.25. The summed E-state index contributed by atoms with van der Waals surface area (Å²) in [5.41, 5.74) is 2.41. The molecule has 1 N–H and O–H groups in total. The first-order valence-electron chi connectivity index (χ1n) is 3.43. The number of rotatable bonds is 1. The van der Waals surface area contributed by atoms with E-state index >= 15 is 0 Å². The third-order valence-electron chi connectivity index (χ3n) is 1.75. The van der Waals surface area contributed by atoms with Crippen LogP contribution in [0.3, 0.4) is 0 Å². The summed E-state index contributed by atoms with van der Waals surface area (Å²) in [6.07, 6.45) is 2.00. The zero-order chi connectivity index (χ0) is 7.68. The first-order chi connectivity index (χ1) is 5.42. The first-order valence-corrected chi connectivity index (χ1v) is 4.42. The van der Waals surface area contributed by atoms with E-state index in [4.69, 9.17) is 0 Å². The third kappa shape index (κ3) is 1.05. The van der Waals surface area contributed by atoms with E-state index < -0.39 is 0 Å². The van der Waals surface area contributed by atoms with Crippen molar-refractivity contribution in [3.8, 4) is 0 Å². The molecule has 0 saturated heterocycles. The number of aromatic amines is 1. The van der Waals surface area contributed by atoms with Gasteiger partial charge in [0.05, 0.1) is 0 Å². The number of hydrogen-bond donors (Lipinski definition) is 1. The van der Waals surface area contributed by atoms with E-state index in [0.29, 0.717) is 0 Å². The van der Waals surface area contributed by atoms with E-state index in [2.05, 4.69) is 32.7 Å². The van der Waals surface area contributed by atoms with Crippen molar-refractivity contribution in [1.29, 1.82) is 0 Å². The number of aromatic nitrogens is 1. The van der Waals surface area contributed by atoms with E-state index in [-0.39, 0.29) is 0 Å². The van der Waals surface area contributed by atoms with Gasteiger partial charge >= 0.3 is 72.4 Å². The van der Waals surface area contributed by atoms with Gasteiger partial charge < -0.3 is 0 Å². The minimum absolute atomic E-state index is 1.19. The van der Waals surface area contributed by atoms with Crippen molar-refractivity contribution >= 4 is 31.4 Å². The first kappa shape index (κ1) is 6.83. The van der Waals surface area contributed by atoms with E-state index in [1.807, 2.05) is 23.2 Å². The number of fused-ring (bicyclic) bond motifs is 1. The van der Waals surface area contributed by atoms with Crippen LogP contribution in [0, 0.1) is 0 Å². The summed E-state index contributed by atoms with van der Waals surface area (Å²) in [5.74, 6) is 0.